The molecule has 0 radical (unpaired) electrons. The van der Waals surface area contributed by atoms with Crippen molar-refractivity contribution in [3.05, 3.63) is 0 Å². The van der Waals surface area contributed by atoms with Gasteiger partial charge in [0.15, 0.2) is 0 Å². The Hall–Kier alpha value is -0.0400. The minimum Gasteiger partial charge on any atom is -0.314 e. The second kappa shape index (κ2) is 7.82. The third-order valence-electron chi connectivity index (χ3n) is 6.03. The predicted molar refractivity (Wildman–Crippen MR) is 88.9 cm³/mol. The summed E-state index contributed by atoms with van der Waals surface area (Å²) in [5.74, 6) is 4.67. The molecule has 0 heterocycles. The third-order valence-corrected chi connectivity index (χ3v) is 6.03. The van der Waals surface area contributed by atoms with Crippen LogP contribution in [0.1, 0.15) is 79.1 Å². The lowest BCUT2D eigenvalue weighted by Crippen LogP contribution is -2.43. The first kappa shape index (κ1) is 16.3. The van der Waals surface area contributed by atoms with Crippen LogP contribution in [0.3, 0.4) is 0 Å². The highest BCUT2D eigenvalue weighted by molar-refractivity contribution is 4.85. The molecule has 0 amide bonds. The van der Waals surface area contributed by atoms with Gasteiger partial charge in [0.05, 0.1) is 0 Å². The quantitative estimate of drug-likeness (QED) is 0.724. The highest BCUT2D eigenvalue weighted by Gasteiger charge is 2.30. The third kappa shape index (κ3) is 4.76. The maximum absolute atomic E-state index is 3.95. The van der Waals surface area contributed by atoms with E-state index in [1.807, 2.05) is 0 Å². The molecule has 0 aliphatic heterocycles. The van der Waals surface area contributed by atoms with Crippen LogP contribution < -0.4 is 5.32 Å². The lowest BCUT2D eigenvalue weighted by molar-refractivity contribution is 0.165. The van der Waals surface area contributed by atoms with Gasteiger partial charge in [-0.05, 0) is 61.8 Å². The van der Waals surface area contributed by atoms with Crippen molar-refractivity contribution in [3.63, 3.8) is 0 Å². The van der Waals surface area contributed by atoms with E-state index >= 15 is 0 Å². The fourth-order valence-electron chi connectivity index (χ4n) is 4.73. The van der Waals surface area contributed by atoms with Gasteiger partial charge >= 0.3 is 0 Å². The molecule has 5 unspecified atom stereocenters. The monoisotopic (exact) mass is 279 g/mol. The average Bonchev–Trinajstić information content (AvgIpc) is 2.38. The van der Waals surface area contributed by atoms with Gasteiger partial charge < -0.3 is 5.32 Å². The van der Waals surface area contributed by atoms with E-state index in [2.05, 4.69) is 33.0 Å². The summed E-state index contributed by atoms with van der Waals surface area (Å²) in [6, 6.07) is 0.791. The molecule has 1 heteroatoms. The molecule has 118 valence electrons. The molecule has 0 bridgehead atoms. The first-order chi connectivity index (χ1) is 9.56. The van der Waals surface area contributed by atoms with Crippen molar-refractivity contribution < 1.29 is 0 Å². The molecular weight excluding hydrogens is 242 g/mol. The predicted octanol–water partition coefficient (Wildman–Crippen LogP) is 5.25. The van der Waals surface area contributed by atoms with Crippen LogP contribution >= 0.6 is 0 Å². The van der Waals surface area contributed by atoms with Crippen molar-refractivity contribution in [2.24, 2.45) is 29.6 Å². The Bertz CT molecular complexity index is 273. The SMILES string of the molecule is CC1CCCC(CCNC2CC(C)CCC2C(C)C)C1. The Morgan fingerprint density at radius 2 is 1.70 bits per heavy atom. The van der Waals surface area contributed by atoms with E-state index in [0.717, 1.165) is 35.6 Å². The lowest BCUT2D eigenvalue weighted by atomic mass is 9.74. The van der Waals surface area contributed by atoms with Crippen molar-refractivity contribution in [2.75, 3.05) is 6.54 Å². The van der Waals surface area contributed by atoms with Crippen LogP contribution in [-0.4, -0.2) is 12.6 Å². The summed E-state index contributed by atoms with van der Waals surface area (Å²) >= 11 is 0. The zero-order chi connectivity index (χ0) is 14.5. The summed E-state index contributed by atoms with van der Waals surface area (Å²) in [7, 11) is 0. The standard InChI is InChI=1S/C19H37N/c1-14(2)18-9-8-16(4)13-19(18)20-11-10-17-7-5-6-15(3)12-17/h14-20H,5-13H2,1-4H3. The van der Waals surface area contributed by atoms with E-state index in [-0.39, 0.29) is 0 Å². The van der Waals surface area contributed by atoms with E-state index < -0.39 is 0 Å². The maximum atomic E-state index is 3.95. The highest BCUT2D eigenvalue weighted by atomic mass is 14.9. The molecular formula is C19H37N. The van der Waals surface area contributed by atoms with E-state index in [1.165, 1.54) is 57.9 Å². The first-order valence-electron chi connectivity index (χ1n) is 9.29. The second-order valence-corrected chi connectivity index (χ2v) is 8.31. The van der Waals surface area contributed by atoms with Crippen LogP contribution in [0, 0.1) is 29.6 Å². The molecule has 0 aromatic heterocycles. The lowest BCUT2D eigenvalue weighted by Gasteiger charge is -2.38. The van der Waals surface area contributed by atoms with Gasteiger partial charge in [0, 0.05) is 6.04 Å². The number of hydrogen-bond donors (Lipinski definition) is 1. The van der Waals surface area contributed by atoms with Crippen molar-refractivity contribution in [3.8, 4) is 0 Å². The summed E-state index contributed by atoms with van der Waals surface area (Å²) < 4.78 is 0. The van der Waals surface area contributed by atoms with E-state index in [1.54, 1.807) is 0 Å². The molecule has 0 aromatic carbocycles. The maximum Gasteiger partial charge on any atom is 0.0100 e. The van der Waals surface area contributed by atoms with Gasteiger partial charge in [0.25, 0.3) is 0 Å². The molecule has 2 rings (SSSR count). The van der Waals surface area contributed by atoms with Crippen molar-refractivity contribution in [1.29, 1.82) is 0 Å². The van der Waals surface area contributed by atoms with Gasteiger partial charge in [0.1, 0.15) is 0 Å². The van der Waals surface area contributed by atoms with Crippen molar-refractivity contribution >= 4 is 0 Å². The first-order valence-corrected chi connectivity index (χ1v) is 9.29. The van der Waals surface area contributed by atoms with Crippen LogP contribution in [0.25, 0.3) is 0 Å². The number of nitrogens with one attached hydrogen (secondary N) is 1. The van der Waals surface area contributed by atoms with E-state index in [4.69, 9.17) is 0 Å². The van der Waals surface area contributed by atoms with Crippen LogP contribution in [-0.2, 0) is 0 Å². The second-order valence-electron chi connectivity index (χ2n) is 8.31. The molecule has 0 saturated heterocycles. The number of hydrogen-bond acceptors (Lipinski definition) is 1. The summed E-state index contributed by atoms with van der Waals surface area (Å²) in [6.07, 6.45) is 11.6. The zero-order valence-corrected chi connectivity index (χ0v) is 14.3. The molecule has 2 fully saturated rings. The van der Waals surface area contributed by atoms with Crippen molar-refractivity contribution in [2.45, 2.75) is 85.1 Å². The Balaban J connectivity index is 1.73. The van der Waals surface area contributed by atoms with Crippen molar-refractivity contribution in [1.82, 2.24) is 5.32 Å². The fraction of sp³-hybridized carbons (Fsp3) is 1.00. The summed E-state index contributed by atoms with van der Waals surface area (Å²) in [5, 5.41) is 3.95. The Labute approximate surface area is 127 Å². The van der Waals surface area contributed by atoms with Gasteiger partial charge in [-0.25, -0.2) is 0 Å². The summed E-state index contributed by atoms with van der Waals surface area (Å²) in [4.78, 5) is 0. The molecule has 20 heavy (non-hydrogen) atoms. The van der Waals surface area contributed by atoms with Gasteiger partial charge in [-0.2, -0.15) is 0 Å². The van der Waals surface area contributed by atoms with Gasteiger partial charge in [-0.1, -0.05) is 53.4 Å². The molecule has 5 atom stereocenters. The minimum absolute atomic E-state index is 0.791. The Morgan fingerprint density at radius 1 is 0.950 bits per heavy atom. The van der Waals surface area contributed by atoms with Crippen LogP contribution in [0.2, 0.25) is 0 Å². The number of rotatable bonds is 5. The fourth-order valence-corrected chi connectivity index (χ4v) is 4.73. The summed E-state index contributed by atoms with van der Waals surface area (Å²) in [5.41, 5.74) is 0. The van der Waals surface area contributed by atoms with Gasteiger partial charge in [0.2, 0.25) is 0 Å². The topological polar surface area (TPSA) is 12.0 Å². The summed E-state index contributed by atoms with van der Waals surface area (Å²) in [6.45, 7) is 11.0. The molecule has 2 aliphatic carbocycles. The minimum atomic E-state index is 0.791. The molecule has 1 N–H and O–H groups in total. The smallest absolute Gasteiger partial charge is 0.0100 e. The molecule has 0 aromatic rings. The van der Waals surface area contributed by atoms with Crippen LogP contribution in [0.15, 0.2) is 0 Å². The van der Waals surface area contributed by atoms with E-state index in [9.17, 15) is 0 Å². The molecule has 0 spiro atoms. The van der Waals surface area contributed by atoms with Crippen LogP contribution in [0.4, 0.5) is 0 Å². The molecule has 2 saturated carbocycles. The highest BCUT2D eigenvalue weighted by Crippen LogP contribution is 2.34. The van der Waals surface area contributed by atoms with Gasteiger partial charge in [-0.15, -0.1) is 0 Å². The zero-order valence-electron chi connectivity index (χ0n) is 14.3. The Kier molecular flexibility index (Phi) is 6.39. The van der Waals surface area contributed by atoms with Crippen LogP contribution in [0.5, 0.6) is 0 Å². The largest absolute Gasteiger partial charge is 0.314 e. The molecule has 2 aliphatic rings. The Morgan fingerprint density at radius 3 is 2.40 bits per heavy atom. The van der Waals surface area contributed by atoms with Gasteiger partial charge in [-0.3, -0.25) is 0 Å². The average molecular weight is 280 g/mol. The molecule has 1 nitrogen and oxygen atoms in total. The van der Waals surface area contributed by atoms with E-state index in [0.29, 0.717) is 0 Å². The normalized spacial score (nSPS) is 39.1.